The Morgan fingerprint density at radius 1 is 1.32 bits per heavy atom. The van der Waals surface area contributed by atoms with Gasteiger partial charge in [-0.1, -0.05) is 12.1 Å². The van der Waals surface area contributed by atoms with E-state index in [1.165, 1.54) is 7.11 Å². The first-order valence-corrected chi connectivity index (χ1v) is 5.91. The van der Waals surface area contributed by atoms with Crippen LogP contribution in [0.25, 0.3) is 11.3 Å². The predicted molar refractivity (Wildman–Crippen MR) is 71.0 cm³/mol. The van der Waals surface area contributed by atoms with Gasteiger partial charge in [0, 0.05) is 11.3 Å². The molecule has 0 unspecified atom stereocenters. The van der Waals surface area contributed by atoms with Crippen molar-refractivity contribution in [3.63, 3.8) is 0 Å². The van der Waals surface area contributed by atoms with E-state index in [0.29, 0.717) is 5.82 Å². The van der Waals surface area contributed by atoms with E-state index in [0.717, 1.165) is 22.7 Å². The summed E-state index contributed by atoms with van der Waals surface area (Å²) in [6, 6.07) is 7.64. The van der Waals surface area contributed by atoms with Crippen molar-refractivity contribution in [2.24, 2.45) is 0 Å². The average molecular weight is 260 g/mol. The summed E-state index contributed by atoms with van der Waals surface area (Å²) in [7, 11) is 2.98. The number of nitrogens with zero attached hydrogens (tertiary/aromatic N) is 1. The highest BCUT2D eigenvalue weighted by Gasteiger charge is 2.14. The van der Waals surface area contributed by atoms with Gasteiger partial charge in [0.1, 0.15) is 18.0 Å². The smallest absolute Gasteiger partial charge is 0.313 e. The van der Waals surface area contributed by atoms with Gasteiger partial charge in [0.25, 0.3) is 0 Å². The second-order valence-corrected chi connectivity index (χ2v) is 4.11. The van der Waals surface area contributed by atoms with E-state index in [9.17, 15) is 4.79 Å². The number of aryl methyl sites for hydroxylation is 1. The van der Waals surface area contributed by atoms with Crippen LogP contribution in [-0.2, 0) is 16.0 Å². The third kappa shape index (κ3) is 2.76. The van der Waals surface area contributed by atoms with Crippen LogP contribution >= 0.6 is 0 Å². The zero-order chi connectivity index (χ0) is 13.8. The number of aromatic amines is 1. The first-order valence-electron chi connectivity index (χ1n) is 5.91. The van der Waals surface area contributed by atoms with Gasteiger partial charge in [-0.15, -0.1) is 0 Å². The van der Waals surface area contributed by atoms with Gasteiger partial charge in [-0.05, 0) is 19.1 Å². The number of hydrogen-bond donors (Lipinski definition) is 1. The maximum Gasteiger partial charge on any atom is 0.313 e. The average Bonchev–Trinajstić information content (AvgIpc) is 2.79. The van der Waals surface area contributed by atoms with E-state index in [4.69, 9.17) is 4.74 Å². The summed E-state index contributed by atoms with van der Waals surface area (Å²) in [5.41, 5.74) is 2.58. The lowest BCUT2D eigenvalue weighted by atomic mass is 10.1. The minimum Gasteiger partial charge on any atom is -0.496 e. The van der Waals surface area contributed by atoms with Crippen molar-refractivity contribution < 1.29 is 14.3 Å². The summed E-state index contributed by atoms with van der Waals surface area (Å²) >= 11 is 0. The fraction of sp³-hybridized carbons (Fsp3) is 0.286. The number of rotatable bonds is 4. The van der Waals surface area contributed by atoms with Crippen LogP contribution in [0.2, 0.25) is 0 Å². The molecule has 0 aliphatic heterocycles. The number of ether oxygens (including phenoxy) is 2. The lowest BCUT2D eigenvalue weighted by Crippen LogP contribution is -2.05. The highest BCUT2D eigenvalue weighted by atomic mass is 16.5. The van der Waals surface area contributed by atoms with Crippen molar-refractivity contribution in [2.45, 2.75) is 13.3 Å². The number of nitrogens with one attached hydrogen (secondary N) is 1. The Labute approximate surface area is 111 Å². The number of methoxy groups -OCH3 is 2. The number of imidazole rings is 1. The number of carbonyl (C=O) groups is 1. The van der Waals surface area contributed by atoms with Crippen LogP contribution in [0.1, 0.15) is 11.5 Å². The maximum atomic E-state index is 11.3. The quantitative estimate of drug-likeness (QED) is 0.855. The van der Waals surface area contributed by atoms with Crippen molar-refractivity contribution >= 4 is 5.97 Å². The molecule has 0 saturated heterocycles. The van der Waals surface area contributed by atoms with Gasteiger partial charge < -0.3 is 14.5 Å². The van der Waals surface area contributed by atoms with Crippen molar-refractivity contribution in [3.05, 3.63) is 35.8 Å². The molecule has 1 heterocycles. The largest absolute Gasteiger partial charge is 0.496 e. The number of H-pyrrole nitrogens is 1. The number of carbonyl (C=O) groups excluding carboxylic acids is 1. The molecule has 5 nitrogen and oxygen atoms in total. The highest BCUT2D eigenvalue weighted by molar-refractivity contribution is 5.73. The minimum atomic E-state index is -0.319. The van der Waals surface area contributed by atoms with E-state index in [-0.39, 0.29) is 12.4 Å². The van der Waals surface area contributed by atoms with Gasteiger partial charge in [-0.3, -0.25) is 4.79 Å². The number of hydrogen-bond acceptors (Lipinski definition) is 4. The van der Waals surface area contributed by atoms with Crippen LogP contribution < -0.4 is 4.74 Å². The maximum absolute atomic E-state index is 11.3. The van der Waals surface area contributed by atoms with Crippen LogP contribution in [0, 0.1) is 6.92 Å². The Morgan fingerprint density at radius 2 is 2.05 bits per heavy atom. The second kappa shape index (κ2) is 5.56. The molecule has 0 bridgehead atoms. The summed E-state index contributed by atoms with van der Waals surface area (Å²) in [6.07, 6.45) is 0.131. The molecular weight excluding hydrogens is 244 g/mol. The van der Waals surface area contributed by atoms with Crippen LogP contribution in [0.15, 0.2) is 24.3 Å². The molecule has 100 valence electrons. The molecule has 19 heavy (non-hydrogen) atoms. The zero-order valence-corrected chi connectivity index (χ0v) is 11.2. The molecule has 2 rings (SSSR count). The molecule has 0 amide bonds. The molecule has 0 spiro atoms. The fourth-order valence-corrected chi connectivity index (χ4v) is 1.92. The van der Waals surface area contributed by atoms with Gasteiger partial charge in [0.05, 0.1) is 19.9 Å². The van der Waals surface area contributed by atoms with Gasteiger partial charge >= 0.3 is 5.97 Å². The van der Waals surface area contributed by atoms with E-state index in [1.807, 2.05) is 31.2 Å². The van der Waals surface area contributed by atoms with E-state index in [2.05, 4.69) is 14.7 Å². The molecule has 1 N–H and O–H groups in total. The van der Waals surface area contributed by atoms with Gasteiger partial charge in [-0.2, -0.15) is 0 Å². The monoisotopic (exact) mass is 260 g/mol. The predicted octanol–water partition coefficient (Wildman–Crippen LogP) is 2.11. The molecular formula is C14H16N2O3. The van der Waals surface area contributed by atoms with Crippen LogP contribution in [0.4, 0.5) is 0 Å². The number of para-hydroxylation sites is 1. The normalized spacial score (nSPS) is 10.3. The molecule has 5 heteroatoms. The fourth-order valence-electron chi connectivity index (χ4n) is 1.92. The van der Waals surface area contributed by atoms with E-state index >= 15 is 0 Å². The summed E-state index contributed by atoms with van der Waals surface area (Å²) in [6.45, 7) is 1.91. The lowest BCUT2D eigenvalue weighted by molar-refractivity contribution is -0.139. The van der Waals surface area contributed by atoms with Gasteiger partial charge in [0.2, 0.25) is 0 Å². The lowest BCUT2D eigenvalue weighted by Gasteiger charge is -2.06. The zero-order valence-electron chi connectivity index (χ0n) is 11.2. The first kappa shape index (κ1) is 13.1. The molecule has 0 fully saturated rings. The van der Waals surface area contributed by atoms with E-state index < -0.39 is 0 Å². The number of esters is 1. The highest BCUT2D eigenvalue weighted by Crippen LogP contribution is 2.30. The summed E-state index contributed by atoms with van der Waals surface area (Å²) < 4.78 is 9.95. The number of aromatic nitrogens is 2. The summed E-state index contributed by atoms with van der Waals surface area (Å²) in [5, 5.41) is 0. The molecule has 2 aromatic rings. The number of benzene rings is 1. The molecule has 0 atom stereocenters. The van der Waals surface area contributed by atoms with Crippen LogP contribution in [-0.4, -0.2) is 30.2 Å². The first-order chi connectivity index (χ1) is 9.15. The third-order valence-electron chi connectivity index (χ3n) is 2.84. The Kier molecular flexibility index (Phi) is 3.85. The molecule has 0 aliphatic carbocycles. The second-order valence-electron chi connectivity index (χ2n) is 4.11. The van der Waals surface area contributed by atoms with Gasteiger partial charge in [-0.25, -0.2) is 4.98 Å². The van der Waals surface area contributed by atoms with Crippen LogP contribution in [0.5, 0.6) is 5.75 Å². The van der Waals surface area contributed by atoms with Crippen molar-refractivity contribution in [3.8, 4) is 17.0 Å². The molecule has 0 radical (unpaired) electrons. The van der Waals surface area contributed by atoms with Crippen molar-refractivity contribution in [1.29, 1.82) is 0 Å². The SMILES string of the molecule is COC(=O)Cc1nc(-c2ccccc2OC)c(C)[nH]1. The summed E-state index contributed by atoms with van der Waals surface area (Å²) in [4.78, 5) is 18.8. The topological polar surface area (TPSA) is 64.2 Å². The summed E-state index contributed by atoms with van der Waals surface area (Å²) in [5.74, 6) is 1.02. The molecule has 0 aliphatic rings. The van der Waals surface area contributed by atoms with Crippen molar-refractivity contribution in [2.75, 3.05) is 14.2 Å². The minimum absolute atomic E-state index is 0.131. The Balaban J connectivity index is 2.37. The molecule has 1 aromatic carbocycles. The Morgan fingerprint density at radius 3 is 2.74 bits per heavy atom. The molecule has 0 saturated carbocycles. The Bertz CT molecular complexity index is 590. The molecule has 1 aromatic heterocycles. The van der Waals surface area contributed by atoms with E-state index in [1.54, 1.807) is 7.11 Å². The van der Waals surface area contributed by atoms with Crippen LogP contribution in [0.3, 0.4) is 0 Å². The van der Waals surface area contributed by atoms with Gasteiger partial charge in [0.15, 0.2) is 0 Å². The third-order valence-corrected chi connectivity index (χ3v) is 2.84. The van der Waals surface area contributed by atoms with Crippen molar-refractivity contribution in [1.82, 2.24) is 9.97 Å². The standard InChI is InChI=1S/C14H16N2O3/c1-9-14(10-6-4-5-7-11(10)18-2)16-12(15-9)8-13(17)19-3/h4-7H,8H2,1-3H3,(H,15,16). The Hall–Kier alpha value is -2.30.